The molecular formula is C13H16BrClN2O3. The zero-order chi connectivity index (χ0) is 15.1. The van der Waals surface area contributed by atoms with Crippen LogP contribution in [0.15, 0.2) is 22.7 Å². The van der Waals surface area contributed by atoms with E-state index in [0.717, 1.165) is 4.47 Å². The Morgan fingerprint density at radius 3 is 2.75 bits per heavy atom. The van der Waals surface area contributed by atoms with E-state index in [1.54, 1.807) is 30.1 Å². The molecule has 110 valence electrons. The average molecular weight is 364 g/mol. The van der Waals surface area contributed by atoms with E-state index < -0.39 is 0 Å². The lowest BCUT2D eigenvalue weighted by molar-refractivity contribution is -0.141. The molecule has 0 radical (unpaired) electrons. The molecule has 1 rings (SSSR count). The summed E-state index contributed by atoms with van der Waals surface area (Å²) in [6.07, 6.45) is 0.249. The van der Waals surface area contributed by atoms with Gasteiger partial charge in [0, 0.05) is 11.0 Å². The van der Waals surface area contributed by atoms with Crippen molar-refractivity contribution in [2.75, 3.05) is 32.6 Å². The Bertz CT molecular complexity index is 497. The Labute approximate surface area is 131 Å². The number of carbonyl (C=O) groups is 2. The summed E-state index contributed by atoms with van der Waals surface area (Å²) in [5, 5.41) is 3.18. The first-order valence-corrected chi connectivity index (χ1v) is 7.09. The number of ether oxygens (including phenoxy) is 1. The van der Waals surface area contributed by atoms with Crippen LogP contribution in [0.4, 0.5) is 5.69 Å². The highest BCUT2D eigenvalue weighted by molar-refractivity contribution is 9.10. The van der Waals surface area contributed by atoms with Gasteiger partial charge in [0.2, 0.25) is 5.91 Å². The maximum atomic E-state index is 11.8. The lowest BCUT2D eigenvalue weighted by Gasteiger charge is -2.15. The summed E-state index contributed by atoms with van der Waals surface area (Å²) < 4.78 is 5.38. The Hall–Kier alpha value is -1.11. The van der Waals surface area contributed by atoms with Crippen LogP contribution in [0.1, 0.15) is 6.42 Å². The predicted octanol–water partition coefficient (Wildman–Crippen LogP) is 2.54. The molecule has 0 aliphatic heterocycles. The summed E-state index contributed by atoms with van der Waals surface area (Å²) in [5.41, 5.74) is 0.557. The first-order valence-electron chi connectivity index (χ1n) is 5.92. The van der Waals surface area contributed by atoms with Crippen molar-refractivity contribution in [2.45, 2.75) is 6.42 Å². The number of likely N-dealkylation sites (N-methyl/N-ethyl adjacent to an activating group) is 1. The van der Waals surface area contributed by atoms with Crippen LogP contribution < -0.4 is 5.32 Å². The summed E-state index contributed by atoms with van der Waals surface area (Å²) in [5.74, 6) is -0.491. The van der Waals surface area contributed by atoms with Gasteiger partial charge in [0.1, 0.15) is 0 Å². The van der Waals surface area contributed by atoms with E-state index in [1.807, 2.05) is 0 Å². The van der Waals surface area contributed by atoms with Crippen molar-refractivity contribution >= 4 is 45.1 Å². The number of hydrogen-bond acceptors (Lipinski definition) is 4. The summed E-state index contributed by atoms with van der Waals surface area (Å²) in [7, 11) is 3.09. The molecule has 0 bridgehead atoms. The lowest BCUT2D eigenvalue weighted by atomic mass is 10.3. The quantitative estimate of drug-likeness (QED) is 0.789. The molecule has 0 fully saturated rings. The van der Waals surface area contributed by atoms with Crippen LogP contribution in [0, 0.1) is 0 Å². The van der Waals surface area contributed by atoms with Crippen LogP contribution in [0.25, 0.3) is 0 Å². The van der Waals surface area contributed by atoms with E-state index >= 15 is 0 Å². The molecule has 1 aromatic rings. The average Bonchev–Trinajstić information content (AvgIpc) is 2.39. The minimum atomic E-state index is -0.298. The fourth-order valence-electron chi connectivity index (χ4n) is 1.49. The van der Waals surface area contributed by atoms with Crippen LogP contribution in [0.3, 0.4) is 0 Å². The van der Waals surface area contributed by atoms with Crippen molar-refractivity contribution in [2.24, 2.45) is 0 Å². The summed E-state index contributed by atoms with van der Waals surface area (Å²) in [6, 6.07) is 5.22. The van der Waals surface area contributed by atoms with Gasteiger partial charge < -0.3 is 10.1 Å². The minimum Gasteiger partial charge on any atom is -0.469 e. The minimum absolute atomic E-state index is 0.170. The fourth-order valence-corrected chi connectivity index (χ4v) is 2.21. The first-order chi connectivity index (χ1) is 9.42. The van der Waals surface area contributed by atoms with Crippen molar-refractivity contribution in [3.8, 4) is 0 Å². The summed E-state index contributed by atoms with van der Waals surface area (Å²) >= 11 is 9.31. The van der Waals surface area contributed by atoms with Crippen LogP contribution in [0.5, 0.6) is 0 Å². The largest absolute Gasteiger partial charge is 0.469 e. The third-order valence-electron chi connectivity index (χ3n) is 2.54. The summed E-state index contributed by atoms with van der Waals surface area (Å²) in [4.78, 5) is 24.6. The van der Waals surface area contributed by atoms with E-state index in [4.69, 9.17) is 11.6 Å². The maximum absolute atomic E-state index is 11.8. The molecule has 0 atom stereocenters. The molecule has 1 amide bonds. The number of rotatable bonds is 6. The van der Waals surface area contributed by atoms with Crippen molar-refractivity contribution in [3.05, 3.63) is 27.7 Å². The highest BCUT2D eigenvalue weighted by Gasteiger charge is 2.10. The third-order valence-corrected chi connectivity index (χ3v) is 3.35. The molecule has 1 N–H and O–H groups in total. The number of amides is 1. The number of carbonyl (C=O) groups excluding carboxylic acids is 2. The molecule has 20 heavy (non-hydrogen) atoms. The molecule has 0 aromatic heterocycles. The van der Waals surface area contributed by atoms with Gasteiger partial charge in [-0.25, -0.2) is 0 Å². The Morgan fingerprint density at radius 2 is 2.15 bits per heavy atom. The molecule has 0 heterocycles. The van der Waals surface area contributed by atoms with Gasteiger partial charge in [-0.15, -0.1) is 0 Å². The molecule has 1 aromatic carbocycles. The molecule has 0 aliphatic carbocycles. The van der Waals surface area contributed by atoms with Gasteiger partial charge in [0.25, 0.3) is 0 Å². The molecule has 7 heteroatoms. The van der Waals surface area contributed by atoms with Gasteiger partial charge in [0.05, 0.1) is 30.8 Å². The normalized spacial score (nSPS) is 10.4. The number of esters is 1. The number of nitrogens with zero attached hydrogens (tertiary/aromatic N) is 1. The molecule has 0 saturated carbocycles. The smallest absolute Gasteiger partial charge is 0.306 e. The third kappa shape index (κ3) is 5.90. The van der Waals surface area contributed by atoms with Crippen molar-refractivity contribution in [3.63, 3.8) is 0 Å². The van der Waals surface area contributed by atoms with Crippen LogP contribution in [-0.2, 0) is 14.3 Å². The van der Waals surface area contributed by atoms with Crippen molar-refractivity contribution < 1.29 is 14.3 Å². The van der Waals surface area contributed by atoms with Gasteiger partial charge in [-0.2, -0.15) is 0 Å². The van der Waals surface area contributed by atoms with Crippen molar-refractivity contribution in [1.82, 2.24) is 4.90 Å². The van der Waals surface area contributed by atoms with Crippen LogP contribution >= 0.6 is 27.5 Å². The molecular weight excluding hydrogens is 348 g/mol. The van der Waals surface area contributed by atoms with Gasteiger partial charge in [-0.1, -0.05) is 27.5 Å². The van der Waals surface area contributed by atoms with E-state index in [0.29, 0.717) is 17.3 Å². The fraction of sp³-hybridized carbons (Fsp3) is 0.385. The van der Waals surface area contributed by atoms with Crippen LogP contribution in [0.2, 0.25) is 5.02 Å². The Balaban J connectivity index is 2.45. The van der Waals surface area contributed by atoms with Gasteiger partial charge >= 0.3 is 5.97 Å². The Kier molecular flexibility index (Phi) is 6.98. The molecule has 5 nitrogen and oxygen atoms in total. The van der Waals surface area contributed by atoms with E-state index in [-0.39, 0.29) is 24.8 Å². The van der Waals surface area contributed by atoms with Gasteiger partial charge in [-0.05, 0) is 25.2 Å². The van der Waals surface area contributed by atoms with Crippen LogP contribution in [-0.4, -0.2) is 44.0 Å². The predicted molar refractivity (Wildman–Crippen MR) is 81.9 cm³/mol. The second kappa shape index (κ2) is 8.24. The lowest BCUT2D eigenvalue weighted by Crippen LogP contribution is -2.31. The zero-order valence-corrected chi connectivity index (χ0v) is 13.6. The number of anilines is 1. The topological polar surface area (TPSA) is 58.6 Å². The SMILES string of the molecule is COC(=O)CCN(C)CC(=O)Nc1ccc(Br)cc1Cl. The van der Waals surface area contributed by atoms with Gasteiger partial charge in [-0.3, -0.25) is 14.5 Å². The second-order valence-electron chi connectivity index (χ2n) is 4.24. The standard InChI is InChI=1S/C13H16BrClN2O3/c1-17(6-5-13(19)20-2)8-12(18)16-11-4-3-9(14)7-10(11)15/h3-4,7H,5-6,8H2,1-2H3,(H,16,18). The van der Waals surface area contributed by atoms with Gasteiger partial charge in [0.15, 0.2) is 0 Å². The highest BCUT2D eigenvalue weighted by atomic mass is 79.9. The summed E-state index contributed by atoms with van der Waals surface area (Å²) in [6.45, 7) is 0.623. The second-order valence-corrected chi connectivity index (χ2v) is 5.56. The molecule has 0 unspecified atom stereocenters. The number of hydrogen-bond donors (Lipinski definition) is 1. The van der Waals surface area contributed by atoms with E-state index in [2.05, 4.69) is 26.0 Å². The highest BCUT2D eigenvalue weighted by Crippen LogP contribution is 2.25. The van der Waals surface area contributed by atoms with E-state index in [1.165, 1.54) is 7.11 Å². The van der Waals surface area contributed by atoms with E-state index in [9.17, 15) is 9.59 Å². The molecule has 0 saturated heterocycles. The number of nitrogens with one attached hydrogen (secondary N) is 1. The number of benzene rings is 1. The Morgan fingerprint density at radius 1 is 1.45 bits per heavy atom. The number of methoxy groups -OCH3 is 1. The molecule has 0 spiro atoms. The monoisotopic (exact) mass is 362 g/mol. The zero-order valence-electron chi connectivity index (χ0n) is 11.3. The molecule has 0 aliphatic rings. The maximum Gasteiger partial charge on any atom is 0.306 e. The first kappa shape index (κ1) is 16.9. The van der Waals surface area contributed by atoms with Crippen molar-refractivity contribution in [1.29, 1.82) is 0 Å². The number of halogens is 2.